The van der Waals surface area contributed by atoms with Gasteiger partial charge in [-0.05, 0) is 54.3 Å². The molecule has 0 aromatic heterocycles. The van der Waals surface area contributed by atoms with Gasteiger partial charge in [0.1, 0.15) is 5.75 Å². The number of methoxy groups -OCH3 is 1. The molecule has 2 saturated heterocycles. The number of sulfonamides is 1. The molecule has 0 amide bonds. The second-order valence-corrected chi connectivity index (χ2v) is 11.1. The monoisotopic (exact) mass is 479 g/mol. The highest BCUT2D eigenvalue weighted by atomic mass is 35.5. The molecule has 0 N–H and O–H groups in total. The molecule has 0 bridgehead atoms. The zero-order chi connectivity index (χ0) is 22.9. The molecule has 4 rings (SSSR count). The van der Waals surface area contributed by atoms with Crippen LogP contribution in [-0.4, -0.2) is 56.4 Å². The van der Waals surface area contributed by atoms with Gasteiger partial charge in [0.25, 0.3) is 0 Å². The molecule has 3 atom stereocenters. The summed E-state index contributed by atoms with van der Waals surface area (Å²) in [5, 5.41) is 1.61. The Kier molecular flexibility index (Phi) is 6.97. The molecule has 3 unspecified atom stereocenters. The van der Waals surface area contributed by atoms with Crippen LogP contribution in [0.15, 0.2) is 48.5 Å². The molecule has 0 aliphatic carbocycles. The summed E-state index contributed by atoms with van der Waals surface area (Å²) in [4.78, 5) is 7.97. The molecule has 0 saturated carbocycles. The van der Waals surface area contributed by atoms with Gasteiger partial charge in [0.2, 0.25) is 10.0 Å². The van der Waals surface area contributed by atoms with E-state index in [1.807, 2.05) is 62.4 Å². The van der Waals surface area contributed by atoms with Gasteiger partial charge in [-0.25, -0.2) is 8.42 Å². The Morgan fingerprint density at radius 1 is 1.03 bits per heavy atom. The first-order chi connectivity index (χ1) is 15.3. The number of rotatable bonds is 8. The van der Waals surface area contributed by atoms with Crippen LogP contribution in [0.2, 0.25) is 5.02 Å². The van der Waals surface area contributed by atoms with Crippen LogP contribution in [0, 0.1) is 5.92 Å². The van der Waals surface area contributed by atoms with Crippen molar-refractivity contribution in [3.05, 3.63) is 59.1 Å². The molecule has 7 nitrogen and oxygen atoms in total. The molecule has 2 aliphatic heterocycles. The summed E-state index contributed by atoms with van der Waals surface area (Å²) >= 11 is 5.99. The second kappa shape index (κ2) is 9.57. The summed E-state index contributed by atoms with van der Waals surface area (Å²) in [6, 6.07) is 15.2. The number of piperazine rings is 1. The van der Waals surface area contributed by atoms with Crippen LogP contribution in [0.5, 0.6) is 5.75 Å². The third-order valence-electron chi connectivity index (χ3n) is 5.90. The summed E-state index contributed by atoms with van der Waals surface area (Å²) in [7, 11) is -1.94. The highest BCUT2D eigenvalue weighted by molar-refractivity contribution is 7.89. The first-order valence-corrected chi connectivity index (χ1v) is 12.8. The molecule has 2 aliphatic rings. The van der Waals surface area contributed by atoms with E-state index < -0.39 is 15.4 Å². The third kappa shape index (κ3) is 5.05. The highest BCUT2D eigenvalue weighted by Gasteiger charge is 2.51. The second-order valence-electron chi connectivity index (χ2n) is 8.58. The fourth-order valence-corrected chi connectivity index (χ4v) is 6.26. The number of anilines is 1. The van der Waals surface area contributed by atoms with Crippen molar-refractivity contribution in [1.82, 2.24) is 9.37 Å². The largest absolute Gasteiger partial charge is 0.497 e. The van der Waals surface area contributed by atoms with Crippen molar-refractivity contribution >= 4 is 27.3 Å². The molecule has 174 valence electrons. The first-order valence-electron chi connectivity index (χ1n) is 10.9. The predicted molar refractivity (Wildman–Crippen MR) is 126 cm³/mol. The molecular formula is C23H30ClN3O4S. The minimum Gasteiger partial charge on any atom is -0.497 e. The molecule has 0 radical (unpaired) electrons. The molecule has 2 fully saturated rings. The lowest BCUT2D eigenvalue weighted by Crippen LogP contribution is -2.52. The van der Waals surface area contributed by atoms with Crippen LogP contribution in [0.1, 0.15) is 32.1 Å². The fraction of sp³-hybridized carbons (Fsp3) is 0.478. The van der Waals surface area contributed by atoms with E-state index in [4.69, 9.17) is 21.2 Å². The lowest BCUT2D eigenvalue weighted by Gasteiger charge is -2.37. The van der Waals surface area contributed by atoms with E-state index in [1.165, 1.54) is 0 Å². The van der Waals surface area contributed by atoms with E-state index in [2.05, 4.69) is 4.90 Å². The standard InChI is InChI=1S/C23H30ClN3O4S/c1-17(2)16-22(27-23(31-27)18-4-10-21(30-3)11-5-18)32(28,29)26-14-12-25(13-15-26)20-8-6-19(24)7-9-20/h4-11,17,22-23H,12-16H2,1-3H3. The van der Waals surface area contributed by atoms with Crippen molar-refractivity contribution in [3.63, 3.8) is 0 Å². The number of hydrogen-bond acceptors (Lipinski definition) is 6. The summed E-state index contributed by atoms with van der Waals surface area (Å²) < 4.78 is 34.1. The predicted octanol–water partition coefficient (Wildman–Crippen LogP) is 4.12. The van der Waals surface area contributed by atoms with Gasteiger partial charge in [-0.1, -0.05) is 37.6 Å². The summed E-state index contributed by atoms with van der Waals surface area (Å²) in [6.45, 7) is 6.23. The van der Waals surface area contributed by atoms with E-state index in [0.717, 1.165) is 17.0 Å². The molecule has 32 heavy (non-hydrogen) atoms. The van der Waals surface area contributed by atoms with E-state index in [-0.39, 0.29) is 12.1 Å². The average molecular weight is 480 g/mol. The molecule has 9 heteroatoms. The maximum atomic E-state index is 13.6. The van der Waals surface area contributed by atoms with Crippen molar-refractivity contribution in [2.45, 2.75) is 31.9 Å². The van der Waals surface area contributed by atoms with Gasteiger partial charge >= 0.3 is 0 Å². The number of hydroxylamine groups is 2. The van der Waals surface area contributed by atoms with Crippen LogP contribution < -0.4 is 9.64 Å². The van der Waals surface area contributed by atoms with E-state index >= 15 is 0 Å². The van der Waals surface area contributed by atoms with Gasteiger partial charge in [-0.2, -0.15) is 4.31 Å². The average Bonchev–Trinajstić information content (AvgIpc) is 3.58. The minimum atomic E-state index is -3.56. The SMILES string of the molecule is COc1ccc(C2ON2C(CC(C)C)S(=O)(=O)N2CCN(c3ccc(Cl)cc3)CC2)cc1. The highest BCUT2D eigenvalue weighted by Crippen LogP contribution is 2.43. The zero-order valence-corrected chi connectivity index (χ0v) is 20.2. The Morgan fingerprint density at radius 2 is 1.66 bits per heavy atom. The van der Waals surface area contributed by atoms with E-state index in [0.29, 0.717) is 37.6 Å². The smallest absolute Gasteiger partial charge is 0.232 e. The van der Waals surface area contributed by atoms with E-state index in [9.17, 15) is 8.42 Å². The van der Waals surface area contributed by atoms with Gasteiger partial charge in [-0.15, -0.1) is 5.06 Å². The number of hydrogen-bond donors (Lipinski definition) is 0. The maximum absolute atomic E-state index is 13.6. The normalized spacial score (nSPS) is 22.7. The van der Waals surface area contributed by atoms with Crippen molar-refractivity contribution in [2.75, 3.05) is 38.2 Å². The maximum Gasteiger partial charge on any atom is 0.232 e. The summed E-state index contributed by atoms with van der Waals surface area (Å²) in [5.74, 6) is 0.969. The number of nitrogens with zero attached hydrogens (tertiary/aromatic N) is 3. The van der Waals surface area contributed by atoms with Crippen molar-refractivity contribution in [2.24, 2.45) is 5.92 Å². The van der Waals surface area contributed by atoms with Gasteiger partial charge in [0.15, 0.2) is 11.6 Å². The van der Waals surface area contributed by atoms with E-state index in [1.54, 1.807) is 16.5 Å². The molecule has 2 heterocycles. The van der Waals surface area contributed by atoms with Crippen LogP contribution in [0.25, 0.3) is 0 Å². The van der Waals surface area contributed by atoms with Gasteiger partial charge in [0.05, 0.1) is 7.11 Å². The lowest BCUT2D eigenvalue weighted by atomic mass is 10.1. The Bertz CT molecular complexity index is 1010. The lowest BCUT2D eigenvalue weighted by molar-refractivity contribution is 0.164. The Hall–Kier alpha value is -1.84. The first kappa shape index (κ1) is 23.3. The number of ether oxygens (including phenoxy) is 1. The number of benzene rings is 2. The van der Waals surface area contributed by atoms with Crippen LogP contribution in [0.4, 0.5) is 5.69 Å². The molecule has 0 spiro atoms. The minimum absolute atomic E-state index is 0.214. The zero-order valence-electron chi connectivity index (χ0n) is 18.6. The van der Waals surface area contributed by atoms with Gasteiger partial charge < -0.3 is 9.64 Å². The topological polar surface area (TPSA) is 65.4 Å². The van der Waals surface area contributed by atoms with Crippen LogP contribution in [0.3, 0.4) is 0 Å². The molecule has 2 aromatic carbocycles. The molecule has 2 aromatic rings. The van der Waals surface area contributed by atoms with Crippen molar-refractivity contribution < 1.29 is 18.0 Å². The van der Waals surface area contributed by atoms with Crippen molar-refractivity contribution in [3.8, 4) is 5.75 Å². The van der Waals surface area contributed by atoms with Gasteiger partial charge in [-0.3, -0.25) is 4.84 Å². The Labute approximate surface area is 195 Å². The molecular weight excluding hydrogens is 450 g/mol. The van der Waals surface area contributed by atoms with Crippen LogP contribution in [-0.2, 0) is 14.9 Å². The number of halogens is 1. The van der Waals surface area contributed by atoms with Crippen LogP contribution >= 0.6 is 11.6 Å². The Balaban J connectivity index is 1.45. The third-order valence-corrected chi connectivity index (χ3v) is 8.32. The van der Waals surface area contributed by atoms with Crippen molar-refractivity contribution in [1.29, 1.82) is 0 Å². The fourth-order valence-electron chi connectivity index (χ4n) is 4.07. The summed E-state index contributed by atoms with van der Waals surface area (Å²) in [6.07, 6.45) is 0.154. The summed E-state index contributed by atoms with van der Waals surface area (Å²) in [5.41, 5.74) is 1.97. The Morgan fingerprint density at radius 3 is 2.22 bits per heavy atom. The van der Waals surface area contributed by atoms with Gasteiger partial charge in [0, 0.05) is 36.9 Å². The quantitative estimate of drug-likeness (QED) is 0.531.